The molecule has 20 heavy (non-hydrogen) atoms. The van der Waals surface area contributed by atoms with Gasteiger partial charge in [-0.2, -0.15) is 0 Å². The van der Waals surface area contributed by atoms with Crippen LogP contribution in [0.25, 0.3) is 0 Å². The van der Waals surface area contributed by atoms with Crippen LogP contribution in [0, 0.1) is 5.92 Å². The highest BCUT2D eigenvalue weighted by Crippen LogP contribution is 2.30. The van der Waals surface area contributed by atoms with Crippen molar-refractivity contribution in [3.8, 4) is 0 Å². The van der Waals surface area contributed by atoms with Gasteiger partial charge in [0.1, 0.15) is 5.78 Å². The molecule has 4 heteroatoms. The summed E-state index contributed by atoms with van der Waals surface area (Å²) in [5, 5.41) is 0. The molecule has 0 spiro atoms. The molecule has 1 aliphatic carbocycles. The van der Waals surface area contributed by atoms with Gasteiger partial charge in [0.15, 0.2) is 0 Å². The van der Waals surface area contributed by atoms with Gasteiger partial charge in [0.05, 0.1) is 13.2 Å². The minimum atomic E-state index is 0.183. The number of morpholine rings is 1. The number of halogens is 1. The summed E-state index contributed by atoms with van der Waals surface area (Å²) in [6.07, 6.45) is 2.83. The summed E-state index contributed by atoms with van der Waals surface area (Å²) in [5.41, 5.74) is 1.29. The van der Waals surface area contributed by atoms with Gasteiger partial charge in [0.25, 0.3) is 0 Å². The van der Waals surface area contributed by atoms with E-state index in [9.17, 15) is 4.79 Å². The van der Waals surface area contributed by atoms with Gasteiger partial charge < -0.3 is 4.74 Å². The Morgan fingerprint density at radius 1 is 1.40 bits per heavy atom. The number of hydrogen-bond acceptors (Lipinski definition) is 3. The molecule has 0 radical (unpaired) electrons. The third-order valence-corrected chi connectivity index (χ3v) is 4.86. The summed E-state index contributed by atoms with van der Waals surface area (Å²) in [7, 11) is 0. The van der Waals surface area contributed by atoms with Gasteiger partial charge in [-0.15, -0.1) is 0 Å². The van der Waals surface area contributed by atoms with Crippen LogP contribution in [-0.4, -0.2) is 36.5 Å². The van der Waals surface area contributed by atoms with Crippen LogP contribution in [0.5, 0.6) is 0 Å². The molecule has 0 amide bonds. The molecule has 1 aliphatic heterocycles. The van der Waals surface area contributed by atoms with Crippen molar-refractivity contribution in [3.05, 3.63) is 34.3 Å². The SMILES string of the molecule is O=C1CCC[C@@H]1[C@H]1COCCN1Cc1cccc(Br)c1. The Labute approximate surface area is 128 Å². The largest absolute Gasteiger partial charge is 0.378 e. The summed E-state index contributed by atoms with van der Waals surface area (Å²) in [5.74, 6) is 0.613. The first-order chi connectivity index (χ1) is 9.74. The van der Waals surface area contributed by atoms with Gasteiger partial charge in [-0.25, -0.2) is 0 Å². The molecule has 2 aliphatic rings. The number of rotatable bonds is 3. The second-order valence-electron chi connectivity index (χ2n) is 5.71. The van der Waals surface area contributed by atoms with Gasteiger partial charge in [0.2, 0.25) is 0 Å². The first-order valence-corrected chi connectivity index (χ1v) is 8.12. The zero-order valence-electron chi connectivity index (χ0n) is 11.6. The van der Waals surface area contributed by atoms with E-state index >= 15 is 0 Å². The van der Waals surface area contributed by atoms with E-state index in [-0.39, 0.29) is 12.0 Å². The monoisotopic (exact) mass is 337 g/mol. The van der Waals surface area contributed by atoms with E-state index in [0.717, 1.165) is 43.4 Å². The van der Waals surface area contributed by atoms with E-state index in [2.05, 4.69) is 39.0 Å². The quantitative estimate of drug-likeness (QED) is 0.849. The number of Topliss-reactive ketones (excluding diaryl/α,β-unsaturated/α-hetero) is 1. The van der Waals surface area contributed by atoms with Gasteiger partial charge in [-0.05, 0) is 30.5 Å². The van der Waals surface area contributed by atoms with Crippen molar-refractivity contribution in [1.29, 1.82) is 0 Å². The Morgan fingerprint density at radius 2 is 2.30 bits per heavy atom. The van der Waals surface area contributed by atoms with Crippen molar-refractivity contribution in [3.63, 3.8) is 0 Å². The van der Waals surface area contributed by atoms with Crippen LogP contribution < -0.4 is 0 Å². The predicted molar refractivity (Wildman–Crippen MR) is 81.5 cm³/mol. The van der Waals surface area contributed by atoms with Crippen molar-refractivity contribution in [2.75, 3.05) is 19.8 Å². The Balaban J connectivity index is 1.73. The average Bonchev–Trinajstić information content (AvgIpc) is 2.86. The smallest absolute Gasteiger partial charge is 0.137 e. The Kier molecular flexibility index (Phi) is 4.54. The standard InChI is InChI=1S/C16H20BrNO2/c17-13-4-1-3-12(9-13)10-18-7-8-20-11-15(18)14-5-2-6-16(14)19/h1,3-4,9,14-15H,2,5-8,10-11H2/t14-,15-/m1/s1. The third-order valence-electron chi connectivity index (χ3n) is 4.37. The molecule has 1 aromatic carbocycles. The molecule has 2 fully saturated rings. The van der Waals surface area contributed by atoms with Gasteiger partial charge in [-0.1, -0.05) is 28.1 Å². The van der Waals surface area contributed by atoms with E-state index < -0.39 is 0 Å². The number of carbonyl (C=O) groups excluding carboxylic acids is 1. The predicted octanol–water partition coefficient (Wildman–Crippen LogP) is 3.02. The molecule has 1 saturated heterocycles. The Bertz CT molecular complexity index is 491. The van der Waals surface area contributed by atoms with E-state index in [1.807, 2.05) is 6.07 Å². The highest BCUT2D eigenvalue weighted by Gasteiger charge is 2.37. The van der Waals surface area contributed by atoms with Crippen LogP contribution in [0.4, 0.5) is 0 Å². The molecule has 0 unspecified atom stereocenters. The maximum absolute atomic E-state index is 12.0. The molecule has 0 aromatic heterocycles. The first kappa shape index (κ1) is 14.2. The van der Waals surface area contributed by atoms with Crippen molar-refractivity contribution >= 4 is 21.7 Å². The molecule has 1 saturated carbocycles. The zero-order chi connectivity index (χ0) is 13.9. The average molecular weight is 338 g/mol. The number of carbonyl (C=O) groups is 1. The molecule has 108 valence electrons. The van der Waals surface area contributed by atoms with Crippen molar-refractivity contribution < 1.29 is 9.53 Å². The molecular weight excluding hydrogens is 318 g/mol. The number of ketones is 1. The highest BCUT2D eigenvalue weighted by molar-refractivity contribution is 9.10. The topological polar surface area (TPSA) is 29.5 Å². The molecule has 1 heterocycles. The minimum absolute atomic E-state index is 0.183. The molecule has 0 bridgehead atoms. The lowest BCUT2D eigenvalue weighted by Crippen LogP contribution is -2.49. The Hall–Kier alpha value is -0.710. The molecule has 3 nitrogen and oxygen atoms in total. The van der Waals surface area contributed by atoms with Crippen LogP contribution in [0.1, 0.15) is 24.8 Å². The molecule has 3 rings (SSSR count). The van der Waals surface area contributed by atoms with Crippen LogP contribution in [-0.2, 0) is 16.1 Å². The lowest BCUT2D eigenvalue weighted by Gasteiger charge is -2.38. The highest BCUT2D eigenvalue weighted by atomic mass is 79.9. The van der Waals surface area contributed by atoms with Crippen LogP contribution in [0.3, 0.4) is 0 Å². The molecule has 1 aromatic rings. The minimum Gasteiger partial charge on any atom is -0.378 e. The van der Waals surface area contributed by atoms with Gasteiger partial charge in [0, 0.05) is 35.9 Å². The number of benzene rings is 1. The first-order valence-electron chi connectivity index (χ1n) is 7.33. The number of nitrogens with zero attached hydrogens (tertiary/aromatic N) is 1. The van der Waals surface area contributed by atoms with Crippen molar-refractivity contribution in [2.45, 2.75) is 31.8 Å². The maximum Gasteiger partial charge on any atom is 0.137 e. The van der Waals surface area contributed by atoms with Gasteiger partial charge >= 0.3 is 0 Å². The molecular formula is C16H20BrNO2. The fraction of sp³-hybridized carbons (Fsp3) is 0.562. The maximum atomic E-state index is 12.0. The van der Waals surface area contributed by atoms with E-state index in [0.29, 0.717) is 12.4 Å². The second kappa shape index (κ2) is 6.37. The number of hydrogen-bond donors (Lipinski definition) is 0. The number of ether oxygens (including phenoxy) is 1. The lowest BCUT2D eigenvalue weighted by atomic mass is 9.95. The zero-order valence-corrected chi connectivity index (χ0v) is 13.1. The summed E-state index contributed by atoms with van der Waals surface area (Å²) < 4.78 is 6.74. The van der Waals surface area contributed by atoms with Gasteiger partial charge in [-0.3, -0.25) is 9.69 Å². The fourth-order valence-electron chi connectivity index (χ4n) is 3.34. The normalized spacial score (nSPS) is 27.9. The summed E-state index contributed by atoms with van der Waals surface area (Å²) >= 11 is 3.52. The van der Waals surface area contributed by atoms with Crippen LogP contribution >= 0.6 is 15.9 Å². The second-order valence-corrected chi connectivity index (χ2v) is 6.62. The summed E-state index contributed by atoms with van der Waals surface area (Å²) in [4.78, 5) is 14.5. The van der Waals surface area contributed by atoms with E-state index in [1.54, 1.807) is 0 Å². The third kappa shape index (κ3) is 3.13. The van der Waals surface area contributed by atoms with Crippen LogP contribution in [0.15, 0.2) is 28.7 Å². The van der Waals surface area contributed by atoms with Crippen LogP contribution in [0.2, 0.25) is 0 Å². The van der Waals surface area contributed by atoms with Crippen molar-refractivity contribution in [1.82, 2.24) is 4.90 Å². The lowest BCUT2D eigenvalue weighted by molar-refractivity contribution is -0.125. The molecule has 0 N–H and O–H groups in total. The molecule has 2 atom stereocenters. The summed E-state index contributed by atoms with van der Waals surface area (Å²) in [6.45, 7) is 3.29. The Morgan fingerprint density at radius 3 is 3.05 bits per heavy atom. The van der Waals surface area contributed by atoms with E-state index in [1.165, 1.54) is 5.56 Å². The van der Waals surface area contributed by atoms with Crippen molar-refractivity contribution in [2.24, 2.45) is 5.92 Å². The summed E-state index contributed by atoms with van der Waals surface area (Å²) in [6, 6.07) is 8.67. The van der Waals surface area contributed by atoms with E-state index in [4.69, 9.17) is 4.74 Å². The fourth-order valence-corrected chi connectivity index (χ4v) is 3.79.